The first kappa shape index (κ1) is 16.8. The standard InChI is InChI=1S/C21H16BrNO3/c1-11(2)14-4-3-5-15-16(21(24)25)10-17(23-20(14)15)19-9-12-8-13(22)6-7-18(12)26-19/h3-11H,1-2H3,(H,24,25). The van der Waals surface area contributed by atoms with E-state index in [4.69, 9.17) is 9.40 Å². The smallest absolute Gasteiger partial charge is 0.336 e. The Kier molecular flexibility index (Phi) is 4.04. The van der Waals surface area contributed by atoms with E-state index in [1.54, 1.807) is 12.1 Å². The largest absolute Gasteiger partial charge is 0.478 e. The molecule has 0 amide bonds. The Hall–Kier alpha value is -2.66. The van der Waals surface area contributed by atoms with Crippen molar-refractivity contribution in [3.8, 4) is 11.5 Å². The number of pyridine rings is 1. The molecule has 130 valence electrons. The van der Waals surface area contributed by atoms with Gasteiger partial charge >= 0.3 is 5.97 Å². The number of hydrogen-bond acceptors (Lipinski definition) is 3. The summed E-state index contributed by atoms with van der Waals surface area (Å²) in [6, 6.07) is 14.9. The molecule has 4 aromatic rings. The van der Waals surface area contributed by atoms with Crippen molar-refractivity contribution in [2.45, 2.75) is 19.8 Å². The molecule has 0 unspecified atom stereocenters. The summed E-state index contributed by atoms with van der Waals surface area (Å²) in [7, 11) is 0. The average Bonchev–Trinajstić information content (AvgIpc) is 3.03. The average molecular weight is 410 g/mol. The molecule has 0 spiro atoms. The van der Waals surface area contributed by atoms with Gasteiger partial charge in [-0.2, -0.15) is 0 Å². The van der Waals surface area contributed by atoms with E-state index < -0.39 is 5.97 Å². The van der Waals surface area contributed by atoms with Gasteiger partial charge in [0.1, 0.15) is 11.3 Å². The van der Waals surface area contributed by atoms with Crippen molar-refractivity contribution in [1.82, 2.24) is 4.98 Å². The monoisotopic (exact) mass is 409 g/mol. The van der Waals surface area contributed by atoms with Crippen molar-refractivity contribution in [3.05, 3.63) is 64.1 Å². The SMILES string of the molecule is CC(C)c1cccc2c(C(=O)O)cc(-c3cc4cc(Br)ccc4o3)nc12. The van der Waals surface area contributed by atoms with Gasteiger partial charge in [-0.15, -0.1) is 0 Å². The number of aromatic carboxylic acids is 1. The minimum atomic E-state index is -0.974. The quantitative estimate of drug-likeness (QED) is 0.435. The van der Waals surface area contributed by atoms with Gasteiger partial charge in [0.05, 0.1) is 11.1 Å². The van der Waals surface area contributed by atoms with Gasteiger partial charge in [-0.25, -0.2) is 9.78 Å². The number of carboxylic acid groups (broad SMARTS) is 1. The summed E-state index contributed by atoms with van der Waals surface area (Å²) in [6.45, 7) is 4.14. The van der Waals surface area contributed by atoms with Crippen LogP contribution in [-0.4, -0.2) is 16.1 Å². The lowest BCUT2D eigenvalue weighted by atomic mass is 9.97. The van der Waals surface area contributed by atoms with E-state index in [2.05, 4.69) is 29.8 Å². The van der Waals surface area contributed by atoms with Crippen LogP contribution in [0.4, 0.5) is 0 Å². The van der Waals surface area contributed by atoms with Gasteiger partial charge in [0.15, 0.2) is 5.76 Å². The second kappa shape index (κ2) is 6.25. The lowest BCUT2D eigenvalue weighted by molar-refractivity contribution is 0.0699. The highest BCUT2D eigenvalue weighted by Gasteiger charge is 2.18. The van der Waals surface area contributed by atoms with Crippen molar-refractivity contribution in [2.75, 3.05) is 0 Å². The zero-order valence-corrected chi connectivity index (χ0v) is 15.9. The Bertz CT molecular complexity index is 1160. The number of aromatic nitrogens is 1. The van der Waals surface area contributed by atoms with Crippen molar-refractivity contribution >= 4 is 43.8 Å². The number of furan rings is 1. The zero-order chi connectivity index (χ0) is 18.4. The predicted octanol–water partition coefficient (Wildman–Crippen LogP) is 6.23. The molecule has 4 rings (SSSR count). The molecule has 0 radical (unpaired) electrons. The van der Waals surface area contributed by atoms with Gasteiger partial charge in [0, 0.05) is 15.2 Å². The fraction of sp³-hybridized carbons (Fsp3) is 0.143. The number of para-hydroxylation sites is 1. The minimum absolute atomic E-state index is 0.231. The highest BCUT2D eigenvalue weighted by Crippen LogP contribution is 2.33. The van der Waals surface area contributed by atoms with E-state index in [1.165, 1.54) is 0 Å². The molecule has 0 saturated heterocycles. The van der Waals surface area contributed by atoms with Crippen LogP contribution in [0.1, 0.15) is 35.7 Å². The maximum Gasteiger partial charge on any atom is 0.336 e. The van der Waals surface area contributed by atoms with E-state index in [9.17, 15) is 9.90 Å². The van der Waals surface area contributed by atoms with Gasteiger partial charge < -0.3 is 9.52 Å². The molecule has 0 aliphatic rings. The van der Waals surface area contributed by atoms with Crippen molar-refractivity contribution in [2.24, 2.45) is 0 Å². The molecule has 4 nitrogen and oxygen atoms in total. The predicted molar refractivity (Wildman–Crippen MR) is 106 cm³/mol. The summed E-state index contributed by atoms with van der Waals surface area (Å²) in [5.41, 5.74) is 3.22. The second-order valence-corrected chi connectivity index (χ2v) is 7.47. The first-order valence-electron chi connectivity index (χ1n) is 8.30. The van der Waals surface area contributed by atoms with Gasteiger partial charge in [-0.1, -0.05) is 48.0 Å². The molecular weight excluding hydrogens is 394 g/mol. The minimum Gasteiger partial charge on any atom is -0.478 e. The molecule has 1 N–H and O–H groups in total. The highest BCUT2D eigenvalue weighted by molar-refractivity contribution is 9.10. The molecule has 0 bridgehead atoms. The fourth-order valence-corrected chi connectivity index (χ4v) is 3.56. The summed E-state index contributed by atoms with van der Waals surface area (Å²) in [5.74, 6) is -0.186. The fourth-order valence-electron chi connectivity index (χ4n) is 3.18. The Morgan fingerprint density at radius 3 is 2.69 bits per heavy atom. The van der Waals surface area contributed by atoms with Crippen LogP contribution in [0.15, 0.2) is 57.4 Å². The molecule has 0 aliphatic carbocycles. The molecule has 26 heavy (non-hydrogen) atoms. The van der Waals surface area contributed by atoms with Crippen LogP contribution in [0.3, 0.4) is 0 Å². The third kappa shape index (κ3) is 2.78. The van der Waals surface area contributed by atoms with Crippen LogP contribution in [0.2, 0.25) is 0 Å². The number of fused-ring (bicyclic) bond motifs is 2. The number of hydrogen-bond donors (Lipinski definition) is 1. The van der Waals surface area contributed by atoms with E-state index in [0.717, 1.165) is 21.0 Å². The molecule has 5 heteroatoms. The number of halogens is 1. The zero-order valence-electron chi connectivity index (χ0n) is 14.3. The summed E-state index contributed by atoms with van der Waals surface area (Å²) in [4.78, 5) is 16.6. The van der Waals surface area contributed by atoms with Crippen LogP contribution < -0.4 is 0 Å². The van der Waals surface area contributed by atoms with Crippen LogP contribution in [0.5, 0.6) is 0 Å². The van der Waals surface area contributed by atoms with E-state index in [0.29, 0.717) is 22.4 Å². The number of carbonyl (C=O) groups is 1. The molecule has 2 aromatic heterocycles. The third-order valence-corrected chi connectivity index (χ3v) is 4.95. The summed E-state index contributed by atoms with van der Waals surface area (Å²) in [5, 5.41) is 11.3. The Morgan fingerprint density at radius 2 is 1.96 bits per heavy atom. The maximum atomic E-state index is 11.8. The maximum absolute atomic E-state index is 11.8. The lowest BCUT2D eigenvalue weighted by Gasteiger charge is -2.12. The molecule has 0 atom stereocenters. The molecule has 0 aliphatic heterocycles. The lowest BCUT2D eigenvalue weighted by Crippen LogP contribution is -2.02. The number of benzene rings is 2. The van der Waals surface area contributed by atoms with Crippen LogP contribution in [-0.2, 0) is 0 Å². The van der Waals surface area contributed by atoms with E-state index >= 15 is 0 Å². The third-order valence-electron chi connectivity index (χ3n) is 4.45. The van der Waals surface area contributed by atoms with Crippen molar-refractivity contribution in [1.29, 1.82) is 0 Å². The van der Waals surface area contributed by atoms with Gasteiger partial charge in [-0.3, -0.25) is 0 Å². The first-order valence-corrected chi connectivity index (χ1v) is 9.10. The van der Waals surface area contributed by atoms with Crippen LogP contribution in [0, 0.1) is 0 Å². The summed E-state index contributed by atoms with van der Waals surface area (Å²) >= 11 is 3.45. The van der Waals surface area contributed by atoms with Gasteiger partial charge in [0.2, 0.25) is 0 Å². The molecule has 0 fully saturated rings. The number of nitrogens with zero attached hydrogens (tertiary/aromatic N) is 1. The molecular formula is C21H16BrNO3. The topological polar surface area (TPSA) is 63.3 Å². The van der Waals surface area contributed by atoms with E-state index in [-0.39, 0.29) is 11.5 Å². The molecule has 2 heterocycles. The molecule has 0 saturated carbocycles. The van der Waals surface area contributed by atoms with Gasteiger partial charge in [0.25, 0.3) is 0 Å². The molecule has 2 aromatic carbocycles. The normalized spacial score (nSPS) is 11.5. The second-order valence-electron chi connectivity index (χ2n) is 6.55. The van der Waals surface area contributed by atoms with E-state index in [1.807, 2.05) is 36.4 Å². The number of rotatable bonds is 3. The van der Waals surface area contributed by atoms with Crippen molar-refractivity contribution in [3.63, 3.8) is 0 Å². The van der Waals surface area contributed by atoms with Crippen LogP contribution >= 0.6 is 15.9 Å². The Labute approximate surface area is 158 Å². The van der Waals surface area contributed by atoms with Gasteiger partial charge in [-0.05, 0) is 41.8 Å². The first-order chi connectivity index (χ1) is 12.4. The summed E-state index contributed by atoms with van der Waals surface area (Å²) < 4.78 is 6.87. The highest BCUT2D eigenvalue weighted by atomic mass is 79.9. The summed E-state index contributed by atoms with van der Waals surface area (Å²) in [6.07, 6.45) is 0. The van der Waals surface area contributed by atoms with Crippen molar-refractivity contribution < 1.29 is 14.3 Å². The Balaban J connectivity index is 2.02. The Morgan fingerprint density at radius 1 is 1.15 bits per heavy atom. The van der Waals surface area contributed by atoms with Crippen LogP contribution in [0.25, 0.3) is 33.3 Å². The number of carboxylic acids is 1.